The van der Waals surface area contributed by atoms with Crippen molar-refractivity contribution < 1.29 is 9.26 Å². The lowest BCUT2D eigenvalue weighted by atomic mass is 10.2. The van der Waals surface area contributed by atoms with Crippen LogP contribution in [0.3, 0.4) is 0 Å². The smallest absolute Gasteiger partial charge is 0.239 e. The molecule has 112 valence electrons. The zero-order valence-corrected chi connectivity index (χ0v) is 12.5. The summed E-state index contributed by atoms with van der Waals surface area (Å²) in [6, 6.07) is -0.181. The number of ether oxygens (including phenoxy) is 1. The number of nitrogens with two attached hydrogens (primary N) is 1. The largest absolute Gasteiger partial charge is 0.379 e. The van der Waals surface area contributed by atoms with Gasteiger partial charge in [0.15, 0.2) is 5.82 Å². The molecule has 3 heterocycles. The Bertz CT molecular complexity index is 416. The number of nitrogens with zero attached hydrogens (tertiary/aromatic N) is 3. The molecule has 0 aromatic carbocycles. The van der Waals surface area contributed by atoms with E-state index in [1.807, 2.05) is 11.8 Å². The highest BCUT2D eigenvalue weighted by Gasteiger charge is 2.24. The third-order valence-electron chi connectivity index (χ3n) is 3.80. The third kappa shape index (κ3) is 3.52. The highest BCUT2D eigenvalue weighted by atomic mass is 32.2. The molecule has 1 aromatic heterocycles. The summed E-state index contributed by atoms with van der Waals surface area (Å²) >= 11 is 1.91. The van der Waals surface area contributed by atoms with Crippen molar-refractivity contribution in [2.24, 2.45) is 5.73 Å². The van der Waals surface area contributed by atoms with E-state index in [2.05, 4.69) is 15.0 Å². The van der Waals surface area contributed by atoms with Crippen molar-refractivity contribution in [1.29, 1.82) is 0 Å². The number of hydrogen-bond acceptors (Lipinski definition) is 7. The molecule has 2 unspecified atom stereocenters. The molecule has 0 spiro atoms. The van der Waals surface area contributed by atoms with E-state index in [1.165, 1.54) is 18.6 Å². The van der Waals surface area contributed by atoms with E-state index in [4.69, 9.17) is 15.0 Å². The van der Waals surface area contributed by atoms with Gasteiger partial charge in [0.25, 0.3) is 0 Å². The molecule has 2 atom stereocenters. The van der Waals surface area contributed by atoms with Gasteiger partial charge in [-0.3, -0.25) is 4.90 Å². The Balaban J connectivity index is 1.57. The van der Waals surface area contributed by atoms with E-state index in [9.17, 15) is 0 Å². The molecular weight excluding hydrogens is 276 g/mol. The molecule has 0 bridgehead atoms. The van der Waals surface area contributed by atoms with E-state index < -0.39 is 0 Å². The highest BCUT2D eigenvalue weighted by Crippen LogP contribution is 2.37. The summed E-state index contributed by atoms with van der Waals surface area (Å²) in [5, 5.41) is 4.44. The van der Waals surface area contributed by atoms with Gasteiger partial charge in [0.1, 0.15) is 0 Å². The number of rotatable bonds is 4. The molecule has 6 nitrogen and oxygen atoms in total. The second-order valence-corrected chi connectivity index (χ2v) is 6.68. The fourth-order valence-electron chi connectivity index (χ4n) is 2.61. The van der Waals surface area contributed by atoms with Crippen LogP contribution in [0.2, 0.25) is 0 Å². The van der Waals surface area contributed by atoms with Crippen LogP contribution in [0.5, 0.6) is 0 Å². The van der Waals surface area contributed by atoms with Gasteiger partial charge in [0.2, 0.25) is 5.89 Å². The standard InChI is InChI=1S/C13H22N4O2S/c14-10(9-17-4-6-18-7-5-17)12-15-13(19-16-12)11-3-1-2-8-20-11/h10-11H,1-9,14H2. The molecule has 0 aliphatic carbocycles. The molecule has 20 heavy (non-hydrogen) atoms. The van der Waals surface area contributed by atoms with Crippen molar-refractivity contribution >= 4 is 11.8 Å². The lowest BCUT2D eigenvalue weighted by Gasteiger charge is -2.27. The van der Waals surface area contributed by atoms with Gasteiger partial charge in [0.05, 0.1) is 24.5 Å². The first-order valence-electron chi connectivity index (χ1n) is 7.34. The van der Waals surface area contributed by atoms with Gasteiger partial charge >= 0.3 is 0 Å². The van der Waals surface area contributed by atoms with Gasteiger partial charge in [-0.15, -0.1) is 11.8 Å². The normalized spacial score (nSPS) is 26.6. The number of morpholine rings is 1. The maximum atomic E-state index is 6.19. The number of hydrogen-bond donors (Lipinski definition) is 1. The Labute approximate surface area is 123 Å². The van der Waals surface area contributed by atoms with Gasteiger partial charge in [0, 0.05) is 19.6 Å². The fraction of sp³-hybridized carbons (Fsp3) is 0.846. The monoisotopic (exact) mass is 298 g/mol. The predicted octanol–water partition coefficient (Wildman–Crippen LogP) is 1.36. The highest BCUT2D eigenvalue weighted by molar-refractivity contribution is 7.99. The van der Waals surface area contributed by atoms with E-state index in [0.29, 0.717) is 11.1 Å². The van der Waals surface area contributed by atoms with Gasteiger partial charge in [-0.1, -0.05) is 11.6 Å². The Morgan fingerprint density at radius 2 is 2.20 bits per heavy atom. The van der Waals surface area contributed by atoms with Crippen LogP contribution in [0.1, 0.15) is 42.3 Å². The summed E-state index contributed by atoms with van der Waals surface area (Å²) in [4.78, 5) is 6.81. The van der Waals surface area contributed by atoms with Crippen LogP contribution in [0.4, 0.5) is 0 Å². The van der Waals surface area contributed by atoms with Crippen LogP contribution < -0.4 is 5.73 Å². The lowest BCUT2D eigenvalue weighted by molar-refractivity contribution is 0.0348. The molecule has 0 saturated carbocycles. The topological polar surface area (TPSA) is 77.4 Å². The zero-order chi connectivity index (χ0) is 13.8. The Morgan fingerprint density at radius 3 is 2.95 bits per heavy atom. The molecule has 2 fully saturated rings. The minimum atomic E-state index is -0.181. The molecule has 2 aliphatic rings. The fourth-order valence-corrected chi connectivity index (χ4v) is 3.83. The van der Waals surface area contributed by atoms with Gasteiger partial charge in [-0.2, -0.15) is 4.98 Å². The van der Waals surface area contributed by atoms with Crippen molar-refractivity contribution in [3.63, 3.8) is 0 Å². The Morgan fingerprint density at radius 1 is 1.35 bits per heavy atom. The first kappa shape index (κ1) is 14.3. The first-order valence-corrected chi connectivity index (χ1v) is 8.38. The molecule has 7 heteroatoms. The number of aromatic nitrogens is 2. The Hall–Kier alpha value is -0.630. The molecule has 2 aliphatic heterocycles. The average molecular weight is 298 g/mol. The summed E-state index contributed by atoms with van der Waals surface area (Å²) in [7, 11) is 0. The predicted molar refractivity (Wildman–Crippen MR) is 77.5 cm³/mol. The van der Waals surface area contributed by atoms with Gasteiger partial charge in [-0.25, -0.2) is 0 Å². The van der Waals surface area contributed by atoms with Crippen LogP contribution in [-0.4, -0.2) is 53.6 Å². The quantitative estimate of drug-likeness (QED) is 0.899. The summed E-state index contributed by atoms with van der Waals surface area (Å²) in [6.07, 6.45) is 3.67. The third-order valence-corrected chi connectivity index (χ3v) is 5.17. The van der Waals surface area contributed by atoms with Crippen LogP contribution in [0, 0.1) is 0 Å². The average Bonchev–Trinajstić information content (AvgIpc) is 2.99. The maximum Gasteiger partial charge on any atom is 0.239 e. The summed E-state index contributed by atoms with van der Waals surface area (Å²) in [5.41, 5.74) is 6.19. The minimum Gasteiger partial charge on any atom is -0.379 e. The molecule has 3 rings (SSSR count). The van der Waals surface area contributed by atoms with Crippen molar-refractivity contribution in [1.82, 2.24) is 15.0 Å². The minimum absolute atomic E-state index is 0.181. The van der Waals surface area contributed by atoms with Crippen LogP contribution in [-0.2, 0) is 4.74 Å². The molecule has 1 aromatic rings. The van der Waals surface area contributed by atoms with Crippen molar-refractivity contribution in [2.45, 2.75) is 30.6 Å². The maximum absolute atomic E-state index is 6.19. The van der Waals surface area contributed by atoms with Crippen molar-refractivity contribution in [2.75, 3.05) is 38.6 Å². The number of thioether (sulfide) groups is 1. The molecule has 0 amide bonds. The van der Waals surface area contributed by atoms with Crippen LogP contribution in [0.25, 0.3) is 0 Å². The van der Waals surface area contributed by atoms with E-state index in [-0.39, 0.29) is 6.04 Å². The second kappa shape index (κ2) is 6.89. The zero-order valence-electron chi connectivity index (χ0n) is 11.7. The summed E-state index contributed by atoms with van der Waals surface area (Å²) < 4.78 is 10.7. The second-order valence-electron chi connectivity index (χ2n) is 5.37. The van der Waals surface area contributed by atoms with Crippen LogP contribution in [0.15, 0.2) is 4.52 Å². The van der Waals surface area contributed by atoms with Crippen LogP contribution >= 0.6 is 11.8 Å². The van der Waals surface area contributed by atoms with E-state index in [1.54, 1.807) is 0 Å². The van der Waals surface area contributed by atoms with Crippen molar-refractivity contribution in [3.05, 3.63) is 11.7 Å². The SMILES string of the molecule is NC(CN1CCOCC1)c1noc(C2CCCCS2)n1. The van der Waals surface area contributed by atoms with Gasteiger partial charge in [-0.05, 0) is 18.6 Å². The summed E-state index contributed by atoms with van der Waals surface area (Å²) in [5.74, 6) is 2.57. The molecule has 2 N–H and O–H groups in total. The Kier molecular flexibility index (Phi) is 4.93. The van der Waals surface area contributed by atoms with E-state index in [0.717, 1.165) is 45.2 Å². The molecule has 0 radical (unpaired) electrons. The van der Waals surface area contributed by atoms with E-state index >= 15 is 0 Å². The summed E-state index contributed by atoms with van der Waals surface area (Å²) in [6.45, 7) is 4.18. The lowest BCUT2D eigenvalue weighted by Crippen LogP contribution is -2.40. The van der Waals surface area contributed by atoms with Gasteiger partial charge < -0.3 is 15.0 Å². The first-order chi connectivity index (χ1) is 9.83. The molecule has 2 saturated heterocycles. The van der Waals surface area contributed by atoms with Crippen molar-refractivity contribution in [3.8, 4) is 0 Å². The molecular formula is C13H22N4O2S.